The predicted molar refractivity (Wildman–Crippen MR) is 168 cm³/mol. The van der Waals surface area contributed by atoms with Crippen molar-refractivity contribution in [2.75, 3.05) is 41.0 Å². The van der Waals surface area contributed by atoms with Crippen LogP contribution in [0.3, 0.4) is 0 Å². The Morgan fingerprint density at radius 2 is 1.53 bits per heavy atom. The molecule has 0 aliphatic heterocycles. The number of aromatic nitrogens is 2. The van der Waals surface area contributed by atoms with Crippen molar-refractivity contribution in [3.8, 4) is 11.5 Å². The number of nitrogens with one attached hydrogen (secondary N) is 3. The number of methoxy groups -OCH3 is 2. The molecule has 0 saturated heterocycles. The Kier molecular flexibility index (Phi) is 9.20. The number of carbonyl (C=O) groups is 1. The molecule has 13 heteroatoms. The van der Waals surface area contributed by atoms with E-state index in [4.69, 9.17) is 21.1 Å². The number of nitrogens with zero attached hydrogens (tertiary/aromatic N) is 3. The van der Waals surface area contributed by atoms with Crippen LogP contribution in [-0.4, -0.2) is 45.4 Å². The summed E-state index contributed by atoms with van der Waals surface area (Å²) in [5.41, 5.74) is 2.86. The van der Waals surface area contributed by atoms with Crippen LogP contribution in [0.4, 0.5) is 34.4 Å². The van der Waals surface area contributed by atoms with Gasteiger partial charge < -0.3 is 30.0 Å². The summed E-state index contributed by atoms with van der Waals surface area (Å²) in [6, 6.07) is 25.6. The SMILES string of the molecule is COc1cc(Nc2nc3ccccc3nc2N(c2cccc(NC(=O)CNc3cccc(Cl)c3)c2)S(=O)[O-])cc(OC)c1. The Labute approximate surface area is 255 Å². The van der Waals surface area contributed by atoms with Gasteiger partial charge in [-0.3, -0.25) is 13.3 Å². The van der Waals surface area contributed by atoms with Gasteiger partial charge in [-0.1, -0.05) is 35.9 Å². The van der Waals surface area contributed by atoms with Crippen molar-refractivity contribution < 1.29 is 23.0 Å². The molecule has 5 rings (SSSR count). The van der Waals surface area contributed by atoms with Crippen LogP contribution in [0.1, 0.15) is 0 Å². The van der Waals surface area contributed by atoms with Gasteiger partial charge in [0.25, 0.3) is 0 Å². The molecule has 0 spiro atoms. The number of hydrogen-bond acceptors (Lipinski definition) is 9. The third-order valence-electron chi connectivity index (χ3n) is 6.15. The fourth-order valence-corrected chi connectivity index (χ4v) is 4.95. The largest absolute Gasteiger partial charge is 0.755 e. The molecule has 0 saturated carbocycles. The van der Waals surface area contributed by atoms with E-state index in [1.165, 1.54) is 20.3 Å². The molecule has 1 unspecified atom stereocenters. The molecular weight excluding hydrogens is 592 g/mol. The average molecular weight is 618 g/mol. The van der Waals surface area contributed by atoms with Gasteiger partial charge in [0, 0.05) is 40.3 Å². The quantitative estimate of drug-likeness (QED) is 0.152. The molecule has 4 aromatic carbocycles. The summed E-state index contributed by atoms with van der Waals surface area (Å²) in [6.07, 6.45) is 0. The topological polar surface area (TPSA) is 141 Å². The van der Waals surface area contributed by atoms with Crippen LogP contribution in [-0.2, 0) is 16.1 Å². The Morgan fingerprint density at radius 3 is 2.21 bits per heavy atom. The van der Waals surface area contributed by atoms with Crippen LogP contribution in [0.5, 0.6) is 11.5 Å². The maximum atomic E-state index is 12.7. The fourth-order valence-electron chi connectivity index (χ4n) is 4.21. The fraction of sp³-hybridized carbons (Fsp3) is 0.100. The summed E-state index contributed by atoms with van der Waals surface area (Å²) in [5, 5.41) is 9.49. The van der Waals surface area contributed by atoms with Gasteiger partial charge in [0.1, 0.15) is 11.5 Å². The normalized spacial score (nSPS) is 11.4. The summed E-state index contributed by atoms with van der Waals surface area (Å²) in [5.74, 6) is 0.884. The number of benzene rings is 4. The molecule has 43 heavy (non-hydrogen) atoms. The number of hydrogen-bond donors (Lipinski definition) is 3. The van der Waals surface area contributed by atoms with Gasteiger partial charge in [0.05, 0.1) is 48.8 Å². The third-order valence-corrected chi connectivity index (χ3v) is 7.07. The lowest BCUT2D eigenvalue weighted by Crippen LogP contribution is -2.24. The van der Waals surface area contributed by atoms with Crippen LogP contribution in [0.25, 0.3) is 11.0 Å². The summed E-state index contributed by atoms with van der Waals surface area (Å²) < 4.78 is 37.2. The van der Waals surface area contributed by atoms with Crippen LogP contribution in [0, 0.1) is 0 Å². The van der Waals surface area contributed by atoms with Crippen molar-refractivity contribution in [3.05, 3.63) is 96.0 Å². The molecule has 0 aliphatic rings. The Hall–Kier alpha value is -4.91. The summed E-state index contributed by atoms with van der Waals surface area (Å²) >= 11 is 3.18. The van der Waals surface area contributed by atoms with E-state index in [0.29, 0.717) is 44.6 Å². The van der Waals surface area contributed by atoms with Gasteiger partial charge in [-0.25, -0.2) is 9.97 Å². The van der Waals surface area contributed by atoms with Crippen molar-refractivity contribution in [1.82, 2.24) is 9.97 Å². The Morgan fingerprint density at radius 1 is 0.860 bits per heavy atom. The molecule has 11 nitrogen and oxygen atoms in total. The first kappa shape index (κ1) is 29.6. The van der Waals surface area contributed by atoms with Crippen molar-refractivity contribution >= 4 is 74.2 Å². The maximum absolute atomic E-state index is 12.7. The third kappa shape index (κ3) is 7.30. The highest BCUT2D eigenvalue weighted by Crippen LogP contribution is 2.36. The molecule has 3 N–H and O–H groups in total. The number of ether oxygens (including phenoxy) is 2. The van der Waals surface area contributed by atoms with Gasteiger partial charge in [-0.05, 0) is 48.5 Å². The lowest BCUT2D eigenvalue weighted by atomic mass is 10.2. The number of fused-ring (bicyclic) bond motifs is 1. The van der Waals surface area contributed by atoms with E-state index in [1.54, 1.807) is 78.9 Å². The molecular formula is C30H26ClN6O5S-. The Bertz CT molecular complexity index is 1780. The highest BCUT2D eigenvalue weighted by atomic mass is 35.5. The van der Waals surface area contributed by atoms with Crippen LogP contribution >= 0.6 is 11.6 Å². The summed E-state index contributed by atoms with van der Waals surface area (Å²) in [4.78, 5) is 22.0. The molecule has 0 aliphatic carbocycles. The minimum Gasteiger partial charge on any atom is -0.755 e. The van der Waals surface area contributed by atoms with Gasteiger partial charge in [0.2, 0.25) is 5.91 Å². The minimum atomic E-state index is -2.83. The van der Waals surface area contributed by atoms with Crippen LogP contribution in [0.2, 0.25) is 5.02 Å². The minimum absolute atomic E-state index is 0.0138. The lowest BCUT2D eigenvalue weighted by Gasteiger charge is -2.27. The second-order valence-corrected chi connectivity index (χ2v) is 10.3. The van der Waals surface area contributed by atoms with Crippen LogP contribution < -0.4 is 29.7 Å². The van der Waals surface area contributed by atoms with Crippen molar-refractivity contribution in [2.24, 2.45) is 0 Å². The molecule has 1 heterocycles. The average Bonchev–Trinajstić information content (AvgIpc) is 3.00. The monoisotopic (exact) mass is 617 g/mol. The van der Waals surface area contributed by atoms with Gasteiger partial charge in [-0.15, -0.1) is 0 Å². The first-order valence-corrected chi connectivity index (χ1v) is 14.3. The second kappa shape index (κ2) is 13.4. The number of rotatable bonds is 11. The molecule has 1 atom stereocenters. The predicted octanol–water partition coefficient (Wildman–Crippen LogP) is 6.03. The first-order valence-electron chi connectivity index (χ1n) is 12.9. The van der Waals surface area contributed by atoms with Crippen molar-refractivity contribution in [2.45, 2.75) is 0 Å². The number of amides is 1. The van der Waals surface area contributed by atoms with E-state index < -0.39 is 11.3 Å². The van der Waals surface area contributed by atoms with Gasteiger partial charge in [0.15, 0.2) is 11.6 Å². The summed E-state index contributed by atoms with van der Waals surface area (Å²) in [7, 11) is 3.06. The number of para-hydroxylation sites is 2. The second-order valence-electron chi connectivity index (χ2n) is 9.08. The highest BCUT2D eigenvalue weighted by molar-refractivity contribution is 7.81. The number of anilines is 6. The molecule has 1 amide bonds. The van der Waals surface area contributed by atoms with E-state index >= 15 is 0 Å². The van der Waals surface area contributed by atoms with Gasteiger partial charge in [-0.2, -0.15) is 0 Å². The molecule has 0 fully saturated rings. The molecule has 0 bridgehead atoms. The molecule has 1 aromatic heterocycles. The number of carbonyl (C=O) groups excluding carboxylic acids is 1. The molecule has 0 radical (unpaired) electrons. The van der Waals surface area contributed by atoms with Crippen molar-refractivity contribution in [1.29, 1.82) is 0 Å². The lowest BCUT2D eigenvalue weighted by molar-refractivity contribution is -0.114. The zero-order chi connectivity index (χ0) is 30.3. The smallest absolute Gasteiger partial charge is 0.243 e. The van der Waals surface area contributed by atoms with E-state index in [9.17, 15) is 13.6 Å². The van der Waals surface area contributed by atoms with E-state index in [0.717, 1.165) is 4.31 Å². The number of halogens is 1. The Balaban J connectivity index is 1.47. The maximum Gasteiger partial charge on any atom is 0.243 e. The van der Waals surface area contributed by atoms with E-state index in [2.05, 4.69) is 25.9 Å². The zero-order valence-corrected chi connectivity index (χ0v) is 24.6. The van der Waals surface area contributed by atoms with E-state index in [-0.39, 0.29) is 29.8 Å². The van der Waals surface area contributed by atoms with E-state index in [1.807, 2.05) is 6.07 Å². The van der Waals surface area contributed by atoms with Crippen LogP contribution in [0.15, 0.2) is 91.0 Å². The highest BCUT2D eigenvalue weighted by Gasteiger charge is 2.21. The first-order chi connectivity index (χ1) is 20.8. The molecule has 5 aromatic rings. The molecule has 220 valence electrons. The van der Waals surface area contributed by atoms with Gasteiger partial charge >= 0.3 is 0 Å². The zero-order valence-electron chi connectivity index (χ0n) is 23.0. The summed E-state index contributed by atoms with van der Waals surface area (Å²) in [6.45, 7) is -0.0318. The standard InChI is InChI=1S/C30H27ClN6O5S/c1-41-24-15-22(16-25(17-24)42-2)34-29-30(36-27-12-4-3-11-26(27)35-29)37(43(39)40)23-10-6-9-21(14-23)33-28(38)18-32-20-8-5-7-19(31)13-20/h3-17,32H,18H2,1-2H3,(H,33,38)(H,34,35)(H,39,40)/p-1. The van der Waals surface area contributed by atoms with Crippen molar-refractivity contribution in [3.63, 3.8) is 0 Å².